The van der Waals surface area contributed by atoms with Crippen LogP contribution in [0.3, 0.4) is 0 Å². The molecule has 0 unspecified atom stereocenters. The Morgan fingerprint density at radius 1 is 1.39 bits per heavy atom. The highest BCUT2D eigenvalue weighted by molar-refractivity contribution is 5.92. The van der Waals surface area contributed by atoms with Gasteiger partial charge in [0.2, 0.25) is 11.8 Å². The summed E-state index contributed by atoms with van der Waals surface area (Å²) < 4.78 is 11.7. The smallest absolute Gasteiger partial charge is 0.221 e. The van der Waals surface area contributed by atoms with E-state index < -0.39 is 0 Å². The van der Waals surface area contributed by atoms with Crippen LogP contribution in [0.15, 0.2) is 24.4 Å². The van der Waals surface area contributed by atoms with Crippen molar-refractivity contribution in [2.24, 2.45) is 5.92 Å². The van der Waals surface area contributed by atoms with E-state index in [9.17, 15) is 4.79 Å². The number of nitrogens with zero attached hydrogens (tertiary/aromatic N) is 1. The van der Waals surface area contributed by atoms with Gasteiger partial charge in [-0.3, -0.25) is 4.79 Å². The van der Waals surface area contributed by atoms with Crippen molar-refractivity contribution in [3.63, 3.8) is 0 Å². The molecule has 2 aliphatic heterocycles. The lowest BCUT2D eigenvalue weighted by molar-refractivity contribution is -0.119. The van der Waals surface area contributed by atoms with E-state index in [1.165, 1.54) is 5.56 Å². The molecule has 5 nitrogen and oxygen atoms in total. The Hall–Kier alpha value is -2.30. The number of hydrogen-bond donors (Lipinski definition) is 1. The molecule has 2 aliphatic rings. The predicted molar refractivity (Wildman–Crippen MR) is 86.8 cm³/mol. The fourth-order valence-electron chi connectivity index (χ4n) is 3.58. The standard InChI is InChI=1S/C18H20N2O3/c1-2-11-9-16(21)20-14(11)10-23-18-17-12(5-7-19-18)3-4-15-13(17)6-8-22-15/h3-5,7,11,14H,2,6,8-10H2,1H3,(H,20,21)/t11-,14-/m1/s1. The Balaban J connectivity index is 1.62. The molecule has 2 atom stereocenters. The van der Waals surface area contributed by atoms with Crippen LogP contribution in [0.4, 0.5) is 0 Å². The molecule has 0 saturated carbocycles. The number of carbonyl (C=O) groups is 1. The summed E-state index contributed by atoms with van der Waals surface area (Å²) in [5.74, 6) is 2.02. The molecule has 120 valence electrons. The van der Waals surface area contributed by atoms with Crippen LogP contribution in [0.2, 0.25) is 0 Å². The fourth-order valence-corrected chi connectivity index (χ4v) is 3.58. The molecule has 1 N–H and O–H groups in total. The minimum Gasteiger partial charge on any atom is -0.493 e. The molecule has 23 heavy (non-hydrogen) atoms. The third kappa shape index (κ3) is 2.50. The largest absolute Gasteiger partial charge is 0.493 e. The van der Waals surface area contributed by atoms with E-state index in [1.807, 2.05) is 18.2 Å². The molecule has 2 aromatic rings. The molecule has 0 spiro atoms. The molecule has 4 rings (SSSR count). The maximum atomic E-state index is 11.6. The van der Waals surface area contributed by atoms with Crippen molar-refractivity contribution in [2.45, 2.75) is 32.2 Å². The number of fused-ring (bicyclic) bond motifs is 3. The first-order valence-electron chi connectivity index (χ1n) is 8.22. The minimum atomic E-state index is 0.0672. The third-order valence-electron chi connectivity index (χ3n) is 4.86. The number of amides is 1. The predicted octanol–water partition coefficient (Wildman–Crippen LogP) is 2.46. The second kappa shape index (κ2) is 5.72. The summed E-state index contributed by atoms with van der Waals surface area (Å²) in [6, 6.07) is 6.11. The van der Waals surface area contributed by atoms with Crippen LogP contribution >= 0.6 is 0 Å². The van der Waals surface area contributed by atoms with Gasteiger partial charge in [-0.25, -0.2) is 4.98 Å². The SMILES string of the molecule is CC[C@@H]1CC(=O)N[C@@H]1COc1nccc2ccc3c(c12)CCO3. The van der Waals surface area contributed by atoms with E-state index in [0.29, 0.717) is 31.4 Å². The normalized spacial score (nSPS) is 22.7. The zero-order chi connectivity index (χ0) is 15.8. The van der Waals surface area contributed by atoms with Gasteiger partial charge in [0, 0.05) is 24.6 Å². The average molecular weight is 312 g/mol. The molecule has 1 aromatic carbocycles. The maximum Gasteiger partial charge on any atom is 0.221 e. The van der Waals surface area contributed by atoms with Crippen molar-refractivity contribution in [1.82, 2.24) is 10.3 Å². The first kappa shape index (κ1) is 14.3. The van der Waals surface area contributed by atoms with Crippen molar-refractivity contribution >= 4 is 16.7 Å². The molecule has 1 fully saturated rings. The monoisotopic (exact) mass is 312 g/mol. The molecule has 0 radical (unpaired) electrons. The van der Waals surface area contributed by atoms with Gasteiger partial charge in [0.1, 0.15) is 12.4 Å². The molecule has 0 bridgehead atoms. The minimum absolute atomic E-state index is 0.0672. The van der Waals surface area contributed by atoms with E-state index in [2.05, 4.69) is 17.2 Å². The Kier molecular flexibility index (Phi) is 3.56. The Morgan fingerprint density at radius 3 is 3.17 bits per heavy atom. The van der Waals surface area contributed by atoms with Gasteiger partial charge in [0.25, 0.3) is 0 Å². The summed E-state index contributed by atoms with van der Waals surface area (Å²) in [7, 11) is 0. The third-order valence-corrected chi connectivity index (χ3v) is 4.86. The number of ether oxygens (including phenoxy) is 2. The molecule has 1 amide bonds. The van der Waals surface area contributed by atoms with Crippen LogP contribution in [0.5, 0.6) is 11.6 Å². The van der Waals surface area contributed by atoms with E-state index in [1.54, 1.807) is 6.20 Å². The van der Waals surface area contributed by atoms with Gasteiger partial charge in [0.05, 0.1) is 18.0 Å². The molecule has 1 aromatic heterocycles. The van der Waals surface area contributed by atoms with Crippen LogP contribution in [-0.4, -0.2) is 30.1 Å². The second-order valence-corrected chi connectivity index (χ2v) is 6.21. The number of pyridine rings is 1. The van der Waals surface area contributed by atoms with E-state index in [-0.39, 0.29) is 11.9 Å². The number of carbonyl (C=O) groups excluding carboxylic acids is 1. The van der Waals surface area contributed by atoms with Crippen LogP contribution in [-0.2, 0) is 11.2 Å². The topological polar surface area (TPSA) is 60.5 Å². The molecule has 0 aliphatic carbocycles. The summed E-state index contributed by atoms with van der Waals surface area (Å²) in [5, 5.41) is 5.16. The van der Waals surface area contributed by atoms with Crippen molar-refractivity contribution in [3.05, 3.63) is 30.0 Å². The lowest BCUT2D eigenvalue weighted by Crippen LogP contribution is -2.34. The summed E-state index contributed by atoms with van der Waals surface area (Å²) in [6.07, 6.45) is 4.21. The van der Waals surface area contributed by atoms with Gasteiger partial charge >= 0.3 is 0 Å². The summed E-state index contributed by atoms with van der Waals surface area (Å²) in [5.41, 5.74) is 1.17. The maximum absolute atomic E-state index is 11.6. The summed E-state index contributed by atoms with van der Waals surface area (Å²) >= 11 is 0. The van der Waals surface area contributed by atoms with Gasteiger partial charge in [-0.1, -0.05) is 19.4 Å². The lowest BCUT2D eigenvalue weighted by Gasteiger charge is -2.18. The van der Waals surface area contributed by atoms with Crippen molar-refractivity contribution in [3.8, 4) is 11.6 Å². The lowest BCUT2D eigenvalue weighted by atomic mass is 9.98. The van der Waals surface area contributed by atoms with Gasteiger partial charge in [0.15, 0.2) is 0 Å². The zero-order valence-corrected chi connectivity index (χ0v) is 13.2. The highest BCUT2D eigenvalue weighted by Crippen LogP contribution is 2.36. The number of aromatic nitrogens is 1. The number of nitrogens with one attached hydrogen (secondary N) is 1. The summed E-state index contributed by atoms with van der Waals surface area (Å²) in [4.78, 5) is 16.0. The average Bonchev–Trinajstić information content (AvgIpc) is 3.18. The number of hydrogen-bond acceptors (Lipinski definition) is 4. The van der Waals surface area contributed by atoms with Gasteiger partial charge in [-0.15, -0.1) is 0 Å². The first-order chi connectivity index (χ1) is 11.3. The molecule has 3 heterocycles. The number of rotatable bonds is 4. The fraction of sp³-hybridized carbons (Fsp3) is 0.444. The van der Waals surface area contributed by atoms with Crippen molar-refractivity contribution in [1.29, 1.82) is 0 Å². The summed E-state index contributed by atoms with van der Waals surface area (Å²) in [6.45, 7) is 3.28. The second-order valence-electron chi connectivity index (χ2n) is 6.21. The van der Waals surface area contributed by atoms with Crippen LogP contribution in [0.1, 0.15) is 25.3 Å². The Labute approximate surface area is 135 Å². The van der Waals surface area contributed by atoms with Crippen LogP contribution in [0.25, 0.3) is 10.8 Å². The van der Waals surface area contributed by atoms with Crippen molar-refractivity contribution in [2.75, 3.05) is 13.2 Å². The van der Waals surface area contributed by atoms with Gasteiger partial charge in [-0.05, 0) is 23.4 Å². The van der Waals surface area contributed by atoms with E-state index in [0.717, 1.165) is 29.4 Å². The molecular formula is C18H20N2O3. The first-order valence-corrected chi connectivity index (χ1v) is 8.22. The van der Waals surface area contributed by atoms with E-state index >= 15 is 0 Å². The van der Waals surface area contributed by atoms with Gasteiger partial charge in [-0.2, -0.15) is 0 Å². The van der Waals surface area contributed by atoms with Gasteiger partial charge < -0.3 is 14.8 Å². The Morgan fingerprint density at radius 2 is 2.30 bits per heavy atom. The molecule has 5 heteroatoms. The zero-order valence-electron chi connectivity index (χ0n) is 13.2. The quantitative estimate of drug-likeness (QED) is 0.942. The molecule has 1 saturated heterocycles. The van der Waals surface area contributed by atoms with Crippen LogP contribution < -0.4 is 14.8 Å². The highest BCUT2D eigenvalue weighted by Gasteiger charge is 2.31. The Bertz CT molecular complexity index is 759. The highest BCUT2D eigenvalue weighted by atomic mass is 16.5. The number of benzene rings is 1. The van der Waals surface area contributed by atoms with Crippen LogP contribution in [0, 0.1) is 5.92 Å². The van der Waals surface area contributed by atoms with E-state index in [4.69, 9.17) is 9.47 Å². The molecular weight excluding hydrogens is 292 g/mol. The van der Waals surface area contributed by atoms with Crippen molar-refractivity contribution < 1.29 is 14.3 Å².